The van der Waals surface area contributed by atoms with Crippen LogP contribution in [0.2, 0.25) is 0 Å². The molecule has 0 unspecified atom stereocenters. The summed E-state index contributed by atoms with van der Waals surface area (Å²) in [5.74, 6) is -1.30. The summed E-state index contributed by atoms with van der Waals surface area (Å²) in [6.07, 6.45) is 0.857. The summed E-state index contributed by atoms with van der Waals surface area (Å²) in [6.45, 7) is 1.23. The van der Waals surface area contributed by atoms with Gasteiger partial charge in [-0.25, -0.2) is 0 Å². The first kappa shape index (κ1) is 19.6. The maximum absolute atomic E-state index is 12.5. The Morgan fingerprint density at radius 2 is 1.67 bits per heavy atom. The molecule has 0 bridgehead atoms. The van der Waals surface area contributed by atoms with E-state index in [1.165, 1.54) is 11.1 Å². The fraction of sp³-hybridized carbons (Fsp3) is 0.160. The van der Waals surface area contributed by atoms with Crippen molar-refractivity contribution in [2.24, 2.45) is 0 Å². The van der Waals surface area contributed by atoms with Gasteiger partial charge in [-0.15, -0.1) is 0 Å². The van der Waals surface area contributed by atoms with Crippen LogP contribution in [0.5, 0.6) is 0 Å². The lowest BCUT2D eigenvalue weighted by molar-refractivity contribution is -0.141. The Labute approximate surface area is 174 Å². The molecule has 1 N–H and O–H groups in total. The molecule has 0 saturated heterocycles. The van der Waals surface area contributed by atoms with Crippen molar-refractivity contribution in [3.05, 3.63) is 94.5 Å². The quantitative estimate of drug-likeness (QED) is 0.396. The number of ketones is 1. The molecule has 3 aromatic carbocycles. The molecule has 0 aromatic heterocycles. The summed E-state index contributed by atoms with van der Waals surface area (Å²) in [7, 11) is 0. The Balaban J connectivity index is 1.32. The molecule has 0 saturated carbocycles. The lowest BCUT2D eigenvalue weighted by Crippen LogP contribution is -2.31. The zero-order valence-corrected chi connectivity index (χ0v) is 16.6. The molecule has 5 nitrogen and oxygen atoms in total. The van der Waals surface area contributed by atoms with Gasteiger partial charge in [0.05, 0.1) is 0 Å². The molecule has 0 radical (unpaired) electrons. The third-order valence-corrected chi connectivity index (χ3v) is 5.16. The molecule has 0 heterocycles. The zero-order valence-electron chi connectivity index (χ0n) is 16.6. The summed E-state index contributed by atoms with van der Waals surface area (Å²) >= 11 is 0. The van der Waals surface area contributed by atoms with Gasteiger partial charge < -0.3 is 10.1 Å². The van der Waals surface area contributed by atoms with E-state index in [0.717, 1.165) is 23.1 Å². The number of carbonyl (C=O) groups excluding carboxylic acids is 3. The number of ether oxygens (including phenoxy) is 1. The lowest BCUT2D eigenvalue weighted by Gasteiger charge is -2.08. The highest BCUT2D eigenvalue weighted by Gasteiger charge is 2.20. The zero-order chi connectivity index (χ0) is 21.1. The van der Waals surface area contributed by atoms with Crippen molar-refractivity contribution in [2.75, 3.05) is 13.2 Å². The fourth-order valence-corrected chi connectivity index (χ4v) is 3.62. The van der Waals surface area contributed by atoms with E-state index in [4.69, 9.17) is 4.74 Å². The van der Waals surface area contributed by atoms with Crippen LogP contribution in [-0.2, 0) is 16.0 Å². The first-order chi connectivity index (χ1) is 14.5. The molecule has 150 valence electrons. The largest absolute Gasteiger partial charge is 0.456 e. The molecule has 30 heavy (non-hydrogen) atoms. The normalized spacial score (nSPS) is 11.4. The van der Waals surface area contributed by atoms with Crippen molar-refractivity contribution in [3.63, 3.8) is 0 Å². The Kier molecular flexibility index (Phi) is 5.44. The van der Waals surface area contributed by atoms with Crippen molar-refractivity contribution in [1.29, 1.82) is 0 Å². The van der Waals surface area contributed by atoms with Crippen LogP contribution >= 0.6 is 0 Å². The van der Waals surface area contributed by atoms with Gasteiger partial charge in [0.1, 0.15) is 6.54 Å². The van der Waals surface area contributed by atoms with Crippen LogP contribution in [0.1, 0.15) is 37.4 Å². The minimum atomic E-state index is -0.657. The molecule has 0 aliphatic heterocycles. The monoisotopic (exact) mass is 399 g/mol. The predicted molar refractivity (Wildman–Crippen MR) is 113 cm³/mol. The van der Waals surface area contributed by atoms with E-state index >= 15 is 0 Å². The topological polar surface area (TPSA) is 72.5 Å². The molecule has 3 aromatic rings. The number of esters is 1. The van der Waals surface area contributed by atoms with Gasteiger partial charge in [0, 0.05) is 11.1 Å². The van der Waals surface area contributed by atoms with E-state index in [-0.39, 0.29) is 24.8 Å². The number of rotatable bonds is 6. The van der Waals surface area contributed by atoms with Gasteiger partial charge in [-0.3, -0.25) is 14.4 Å². The minimum absolute atomic E-state index is 0.277. The molecule has 0 spiro atoms. The number of aryl methyl sites for hydroxylation is 1. The highest BCUT2D eigenvalue weighted by Crippen LogP contribution is 2.36. The van der Waals surface area contributed by atoms with Crippen molar-refractivity contribution >= 4 is 17.7 Å². The van der Waals surface area contributed by atoms with Gasteiger partial charge in [0.25, 0.3) is 5.91 Å². The number of nitrogens with one attached hydrogen (secondary N) is 1. The molecule has 4 rings (SSSR count). The smallest absolute Gasteiger partial charge is 0.325 e. The van der Waals surface area contributed by atoms with Crippen LogP contribution in [0.15, 0.2) is 66.7 Å². The van der Waals surface area contributed by atoms with Crippen molar-refractivity contribution < 1.29 is 19.1 Å². The maximum atomic E-state index is 12.5. The van der Waals surface area contributed by atoms with Gasteiger partial charge in [0.15, 0.2) is 12.4 Å². The van der Waals surface area contributed by atoms with Gasteiger partial charge in [-0.2, -0.15) is 0 Å². The molecule has 1 amide bonds. The Bertz CT molecular complexity index is 1150. The SMILES string of the molecule is Cc1cccc(C(=O)NCC(=O)OCC(=O)c2ccc3c(c2)-c2ccccc2C3)c1. The van der Waals surface area contributed by atoms with E-state index in [9.17, 15) is 14.4 Å². The second-order valence-corrected chi connectivity index (χ2v) is 7.34. The average Bonchev–Trinajstić information content (AvgIpc) is 3.13. The second-order valence-electron chi connectivity index (χ2n) is 7.34. The van der Waals surface area contributed by atoms with E-state index in [2.05, 4.69) is 11.4 Å². The standard InChI is InChI=1S/C25H21NO4/c1-16-5-4-7-20(11-16)25(29)26-14-24(28)30-15-23(27)19-10-9-18-12-17-6-2-3-8-21(17)22(18)13-19/h2-11,13H,12,14-15H2,1H3,(H,26,29). The van der Waals surface area contributed by atoms with Crippen LogP contribution in [0.4, 0.5) is 0 Å². The predicted octanol–water partition coefficient (Wildman–Crippen LogP) is 3.72. The summed E-state index contributed by atoms with van der Waals surface area (Å²) < 4.78 is 5.05. The number of carbonyl (C=O) groups is 3. The Morgan fingerprint density at radius 1 is 0.867 bits per heavy atom. The third-order valence-electron chi connectivity index (χ3n) is 5.16. The van der Waals surface area contributed by atoms with Crippen LogP contribution in [0.3, 0.4) is 0 Å². The molecule has 1 aliphatic carbocycles. The summed E-state index contributed by atoms with van der Waals surface area (Å²) in [5.41, 5.74) is 6.54. The number of hydrogen-bond donors (Lipinski definition) is 1. The van der Waals surface area contributed by atoms with E-state index < -0.39 is 5.97 Å². The summed E-state index contributed by atoms with van der Waals surface area (Å²) in [6, 6.07) is 20.8. The second kappa shape index (κ2) is 8.33. The van der Waals surface area contributed by atoms with E-state index in [0.29, 0.717) is 11.1 Å². The Hall–Kier alpha value is -3.73. The average molecular weight is 399 g/mol. The van der Waals surface area contributed by atoms with Crippen LogP contribution in [-0.4, -0.2) is 30.8 Å². The van der Waals surface area contributed by atoms with E-state index in [1.54, 1.807) is 24.3 Å². The summed E-state index contributed by atoms with van der Waals surface area (Å²) in [4.78, 5) is 36.5. The Morgan fingerprint density at radius 3 is 2.50 bits per heavy atom. The lowest BCUT2D eigenvalue weighted by atomic mass is 10.0. The molecular weight excluding hydrogens is 378 g/mol. The molecule has 5 heteroatoms. The van der Waals surface area contributed by atoms with Crippen molar-refractivity contribution in [2.45, 2.75) is 13.3 Å². The van der Waals surface area contributed by atoms with Gasteiger partial charge >= 0.3 is 5.97 Å². The number of fused-ring (bicyclic) bond motifs is 3. The van der Waals surface area contributed by atoms with Crippen molar-refractivity contribution in [1.82, 2.24) is 5.32 Å². The van der Waals surface area contributed by atoms with Crippen molar-refractivity contribution in [3.8, 4) is 11.1 Å². The minimum Gasteiger partial charge on any atom is -0.456 e. The fourth-order valence-electron chi connectivity index (χ4n) is 3.62. The highest BCUT2D eigenvalue weighted by molar-refractivity contribution is 6.00. The van der Waals surface area contributed by atoms with Crippen LogP contribution in [0.25, 0.3) is 11.1 Å². The number of benzene rings is 3. The van der Waals surface area contributed by atoms with Gasteiger partial charge in [-0.1, -0.05) is 54.1 Å². The summed E-state index contributed by atoms with van der Waals surface area (Å²) in [5, 5.41) is 2.51. The maximum Gasteiger partial charge on any atom is 0.325 e. The van der Waals surface area contributed by atoms with Crippen LogP contribution < -0.4 is 5.32 Å². The first-order valence-electron chi connectivity index (χ1n) is 9.76. The molecule has 1 aliphatic rings. The molecule has 0 fully saturated rings. The number of hydrogen-bond acceptors (Lipinski definition) is 4. The van der Waals surface area contributed by atoms with Gasteiger partial charge in [-0.05, 0) is 53.8 Å². The number of Topliss-reactive ketones (excluding diaryl/α,β-unsaturated/α-hetero) is 1. The third kappa shape index (κ3) is 4.15. The van der Waals surface area contributed by atoms with E-state index in [1.807, 2.05) is 43.3 Å². The molecule has 0 atom stereocenters. The number of amides is 1. The van der Waals surface area contributed by atoms with Crippen LogP contribution in [0, 0.1) is 6.92 Å². The highest BCUT2D eigenvalue weighted by atomic mass is 16.5. The molecular formula is C25H21NO4. The first-order valence-corrected chi connectivity index (χ1v) is 9.76. The van der Waals surface area contributed by atoms with Gasteiger partial charge in [0.2, 0.25) is 0 Å².